The van der Waals surface area contributed by atoms with Crippen LogP contribution in [-0.2, 0) is 6.61 Å². The summed E-state index contributed by atoms with van der Waals surface area (Å²) in [5.41, 5.74) is 3.85. The Labute approximate surface area is 168 Å². The minimum Gasteiger partial charge on any atom is -0.489 e. The highest BCUT2D eigenvalue weighted by Crippen LogP contribution is 2.26. The maximum absolute atomic E-state index is 11.5. The summed E-state index contributed by atoms with van der Waals surface area (Å²) in [5, 5.41) is 5.27. The molecule has 0 N–H and O–H groups in total. The van der Waals surface area contributed by atoms with Crippen molar-refractivity contribution in [2.75, 3.05) is 0 Å². The molecule has 1 aromatic heterocycles. The number of carbonyl (C=O) groups excluding carboxylic acids is 1. The van der Waals surface area contributed by atoms with E-state index in [1.165, 1.54) is 0 Å². The van der Waals surface area contributed by atoms with Crippen LogP contribution in [0.15, 0.2) is 85.1 Å². The molecular weight excluding hydrogens is 372 g/mol. The highest BCUT2D eigenvalue weighted by molar-refractivity contribution is 6.31. The Hall–Kier alpha value is -3.37. The number of ether oxygens (including phenoxy) is 1. The van der Waals surface area contributed by atoms with Gasteiger partial charge in [0.05, 0.1) is 11.3 Å². The predicted molar refractivity (Wildman–Crippen MR) is 110 cm³/mol. The van der Waals surface area contributed by atoms with Crippen LogP contribution < -0.4 is 4.74 Å². The van der Waals surface area contributed by atoms with Gasteiger partial charge in [-0.2, -0.15) is 5.10 Å². The van der Waals surface area contributed by atoms with Crippen molar-refractivity contribution < 1.29 is 9.53 Å². The van der Waals surface area contributed by atoms with Crippen molar-refractivity contribution in [3.63, 3.8) is 0 Å². The van der Waals surface area contributed by atoms with Crippen LogP contribution in [0.25, 0.3) is 16.9 Å². The lowest BCUT2D eigenvalue weighted by molar-refractivity contribution is 0.112. The number of hydrogen-bond acceptors (Lipinski definition) is 3. The van der Waals surface area contributed by atoms with Gasteiger partial charge in [0.2, 0.25) is 0 Å². The second-order valence-corrected chi connectivity index (χ2v) is 6.64. The second kappa shape index (κ2) is 8.11. The molecular formula is C23H17ClN2O2. The Morgan fingerprint density at radius 2 is 1.64 bits per heavy atom. The third-order valence-corrected chi connectivity index (χ3v) is 4.74. The lowest BCUT2D eigenvalue weighted by Crippen LogP contribution is -1.96. The molecule has 4 aromatic rings. The fourth-order valence-electron chi connectivity index (χ4n) is 2.90. The fourth-order valence-corrected chi connectivity index (χ4v) is 3.09. The topological polar surface area (TPSA) is 44.1 Å². The summed E-state index contributed by atoms with van der Waals surface area (Å²) < 4.78 is 7.52. The lowest BCUT2D eigenvalue weighted by atomic mass is 10.1. The first-order chi connectivity index (χ1) is 13.7. The van der Waals surface area contributed by atoms with Crippen molar-refractivity contribution in [1.29, 1.82) is 0 Å². The van der Waals surface area contributed by atoms with E-state index in [-0.39, 0.29) is 0 Å². The number of para-hydroxylation sites is 1. The van der Waals surface area contributed by atoms with E-state index in [4.69, 9.17) is 16.3 Å². The van der Waals surface area contributed by atoms with E-state index in [2.05, 4.69) is 5.10 Å². The summed E-state index contributed by atoms with van der Waals surface area (Å²) in [6, 6.07) is 24.8. The summed E-state index contributed by atoms with van der Waals surface area (Å²) >= 11 is 6.16. The summed E-state index contributed by atoms with van der Waals surface area (Å²) in [5.74, 6) is 0.721. The minimum atomic E-state index is 0.390. The zero-order valence-corrected chi connectivity index (χ0v) is 15.7. The molecule has 0 aliphatic heterocycles. The van der Waals surface area contributed by atoms with Gasteiger partial charge in [-0.3, -0.25) is 4.79 Å². The molecule has 0 aliphatic rings. The number of rotatable bonds is 6. The van der Waals surface area contributed by atoms with Crippen LogP contribution in [0.2, 0.25) is 5.02 Å². The Morgan fingerprint density at radius 1 is 0.929 bits per heavy atom. The summed E-state index contributed by atoms with van der Waals surface area (Å²) in [6.07, 6.45) is 2.56. The summed E-state index contributed by atoms with van der Waals surface area (Å²) in [4.78, 5) is 11.5. The molecule has 0 atom stereocenters. The molecule has 0 unspecified atom stereocenters. The van der Waals surface area contributed by atoms with E-state index in [1.807, 2.05) is 78.9 Å². The van der Waals surface area contributed by atoms with E-state index in [0.29, 0.717) is 22.9 Å². The molecule has 0 amide bonds. The Kier molecular flexibility index (Phi) is 5.22. The normalized spacial score (nSPS) is 10.6. The van der Waals surface area contributed by atoms with E-state index in [9.17, 15) is 4.79 Å². The van der Waals surface area contributed by atoms with Crippen LogP contribution in [0.1, 0.15) is 15.9 Å². The summed E-state index contributed by atoms with van der Waals surface area (Å²) in [7, 11) is 0. The van der Waals surface area contributed by atoms with Gasteiger partial charge < -0.3 is 4.74 Å². The van der Waals surface area contributed by atoms with Crippen LogP contribution in [0.4, 0.5) is 0 Å². The van der Waals surface area contributed by atoms with Gasteiger partial charge in [-0.15, -0.1) is 0 Å². The molecule has 0 saturated carbocycles. The van der Waals surface area contributed by atoms with Gasteiger partial charge in [0.15, 0.2) is 6.29 Å². The highest BCUT2D eigenvalue weighted by Gasteiger charge is 2.12. The smallest absolute Gasteiger partial charge is 0.153 e. The Morgan fingerprint density at radius 3 is 2.36 bits per heavy atom. The van der Waals surface area contributed by atoms with Crippen LogP contribution >= 0.6 is 11.6 Å². The SMILES string of the molecule is O=Cc1cn(-c2ccccc2)nc1-c1ccc(OCc2ccccc2Cl)cc1. The van der Waals surface area contributed by atoms with Gasteiger partial charge in [0.25, 0.3) is 0 Å². The zero-order valence-electron chi connectivity index (χ0n) is 15.0. The predicted octanol–water partition coefficient (Wildman–Crippen LogP) is 5.58. The molecule has 4 rings (SSSR count). The molecule has 1 heterocycles. The van der Waals surface area contributed by atoms with Crippen molar-refractivity contribution in [2.45, 2.75) is 6.61 Å². The van der Waals surface area contributed by atoms with Gasteiger partial charge in [-0.1, -0.05) is 48.0 Å². The second-order valence-electron chi connectivity index (χ2n) is 6.24. The third kappa shape index (κ3) is 3.82. The highest BCUT2D eigenvalue weighted by atomic mass is 35.5. The molecule has 0 saturated heterocycles. The number of aldehydes is 1. The fraction of sp³-hybridized carbons (Fsp3) is 0.0435. The number of halogens is 1. The van der Waals surface area contributed by atoms with E-state index >= 15 is 0 Å². The van der Waals surface area contributed by atoms with Crippen LogP contribution in [0.3, 0.4) is 0 Å². The molecule has 28 heavy (non-hydrogen) atoms. The van der Waals surface area contributed by atoms with Gasteiger partial charge in [0, 0.05) is 22.3 Å². The molecule has 4 nitrogen and oxygen atoms in total. The quantitative estimate of drug-likeness (QED) is 0.405. The first-order valence-electron chi connectivity index (χ1n) is 8.81. The minimum absolute atomic E-state index is 0.390. The number of benzene rings is 3. The van der Waals surface area contributed by atoms with E-state index < -0.39 is 0 Å². The zero-order chi connectivity index (χ0) is 19.3. The van der Waals surface area contributed by atoms with Gasteiger partial charge in [-0.25, -0.2) is 4.68 Å². The van der Waals surface area contributed by atoms with Crippen molar-refractivity contribution in [1.82, 2.24) is 9.78 Å². The first kappa shape index (κ1) is 18.0. The molecule has 138 valence electrons. The maximum Gasteiger partial charge on any atom is 0.153 e. The lowest BCUT2D eigenvalue weighted by Gasteiger charge is -2.08. The number of nitrogens with zero attached hydrogens (tertiary/aromatic N) is 2. The third-order valence-electron chi connectivity index (χ3n) is 4.37. The average Bonchev–Trinajstić information content (AvgIpc) is 3.19. The molecule has 0 aliphatic carbocycles. The van der Waals surface area contributed by atoms with Crippen LogP contribution in [0, 0.1) is 0 Å². The van der Waals surface area contributed by atoms with Gasteiger partial charge >= 0.3 is 0 Å². The Balaban J connectivity index is 1.55. The van der Waals surface area contributed by atoms with E-state index in [0.717, 1.165) is 28.8 Å². The van der Waals surface area contributed by atoms with Gasteiger partial charge in [-0.05, 0) is 42.5 Å². The van der Waals surface area contributed by atoms with Crippen molar-refractivity contribution >= 4 is 17.9 Å². The molecule has 0 bridgehead atoms. The number of carbonyl (C=O) groups is 1. The molecule has 3 aromatic carbocycles. The van der Waals surface area contributed by atoms with E-state index in [1.54, 1.807) is 10.9 Å². The average molecular weight is 389 g/mol. The van der Waals surface area contributed by atoms with Crippen LogP contribution in [0.5, 0.6) is 5.75 Å². The molecule has 0 radical (unpaired) electrons. The van der Waals surface area contributed by atoms with Crippen LogP contribution in [-0.4, -0.2) is 16.1 Å². The standard InChI is InChI=1S/C23H17ClN2O2/c24-22-9-5-4-6-18(22)16-28-21-12-10-17(11-13-21)23-19(15-27)14-26(25-23)20-7-2-1-3-8-20/h1-15H,16H2. The molecule has 5 heteroatoms. The monoisotopic (exact) mass is 388 g/mol. The largest absolute Gasteiger partial charge is 0.489 e. The van der Waals surface area contributed by atoms with Gasteiger partial charge in [0.1, 0.15) is 18.1 Å². The maximum atomic E-state index is 11.5. The summed E-state index contributed by atoms with van der Waals surface area (Å²) in [6.45, 7) is 0.390. The van der Waals surface area contributed by atoms with Crippen molar-refractivity contribution in [3.8, 4) is 22.7 Å². The van der Waals surface area contributed by atoms with Crippen molar-refractivity contribution in [2.24, 2.45) is 0 Å². The molecule has 0 fully saturated rings. The molecule has 0 spiro atoms. The Bertz CT molecular complexity index is 1090. The number of aromatic nitrogens is 2. The first-order valence-corrected chi connectivity index (χ1v) is 9.19. The number of hydrogen-bond donors (Lipinski definition) is 0. The van der Waals surface area contributed by atoms with Crippen molar-refractivity contribution in [3.05, 3.63) is 101 Å².